The summed E-state index contributed by atoms with van der Waals surface area (Å²) in [6.07, 6.45) is 5.90. The largest absolute Gasteiger partial charge is 0.322 e. The van der Waals surface area contributed by atoms with Crippen LogP contribution in [0.3, 0.4) is 0 Å². The van der Waals surface area contributed by atoms with Gasteiger partial charge in [0.25, 0.3) is 0 Å². The van der Waals surface area contributed by atoms with Crippen molar-refractivity contribution in [3.05, 3.63) is 0 Å². The Bertz CT molecular complexity index is 237. The lowest BCUT2D eigenvalue weighted by atomic mass is 10.0. The minimum absolute atomic E-state index is 0.133. The lowest BCUT2D eigenvalue weighted by molar-refractivity contribution is 0.176. The van der Waals surface area contributed by atoms with E-state index < -0.39 is 5.69 Å². The van der Waals surface area contributed by atoms with Gasteiger partial charge >= 0.3 is 0 Å². The van der Waals surface area contributed by atoms with Crippen LogP contribution in [0, 0.1) is 5.92 Å². The minimum atomic E-state index is -2.34. The van der Waals surface area contributed by atoms with Crippen molar-refractivity contribution in [1.82, 2.24) is 0 Å². The predicted octanol–water partition coefficient (Wildman–Crippen LogP) is 5.19. The Morgan fingerprint density at radius 3 is 2.35 bits per heavy atom. The minimum Gasteiger partial charge on any atom is -0.322 e. The van der Waals surface area contributed by atoms with E-state index >= 15 is 0 Å². The number of unbranched alkanes of at least 4 members (excludes halogenated alkanes) is 1. The summed E-state index contributed by atoms with van der Waals surface area (Å²) in [6.45, 7) is 9.18. The summed E-state index contributed by atoms with van der Waals surface area (Å²) < 4.78 is 11.4. The Balaban J connectivity index is 4.00. The second kappa shape index (κ2) is 9.80. The third-order valence-corrected chi connectivity index (χ3v) is 5.21. The monoisotopic (exact) mass is 298 g/mol. The lowest BCUT2D eigenvalue weighted by Gasteiger charge is -2.23. The fourth-order valence-corrected chi connectivity index (χ4v) is 3.80. The Morgan fingerprint density at radius 1 is 1.24 bits per heavy atom. The fourth-order valence-electron chi connectivity index (χ4n) is 1.43. The number of thiol groups is 1. The molecule has 0 rings (SSSR count). The number of rotatable bonds is 10. The van der Waals surface area contributed by atoms with Gasteiger partial charge in [0.15, 0.2) is 0 Å². The van der Waals surface area contributed by atoms with E-state index in [4.69, 9.17) is 20.9 Å². The zero-order chi connectivity index (χ0) is 13.3. The SMILES string of the molecule is CCCCC(CC)COP(=S)(S)OC(C)CC. The van der Waals surface area contributed by atoms with Gasteiger partial charge in [-0.2, -0.15) is 0 Å². The third kappa shape index (κ3) is 9.49. The molecule has 0 aliphatic rings. The molecule has 3 unspecified atom stereocenters. The summed E-state index contributed by atoms with van der Waals surface area (Å²) >= 11 is 9.66. The van der Waals surface area contributed by atoms with E-state index in [1.807, 2.05) is 6.92 Å². The topological polar surface area (TPSA) is 18.5 Å². The van der Waals surface area contributed by atoms with E-state index in [1.54, 1.807) is 0 Å². The summed E-state index contributed by atoms with van der Waals surface area (Å²) in [5, 5.41) is 0. The highest BCUT2D eigenvalue weighted by Crippen LogP contribution is 2.55. The zero-order valence-corrected chi connectivity index (χ0v) is 14.1. The molecule has 5 heteroatoms. The van der Waals surface area contributed by atoms with E-state index in [0.717, 1.165) is 12.8 Å². The molecule has 3 atom stereocenters. The molecule has 104 valence electrons. The van der Waals surface area contributed by atoms with Crippen molar-refractivity contribution in [2.24, 2.45) is 5.92 Å². The maximum absolute atomic E-state index is 5.72. The van der Waals surface area contributed by atoms with Gasteiger partial charge in [0.05, 0.1) is 12.7 Å². The highest BCUT2D eigenvalue weighted by Gasteiger charge is 2.18. The van der Waals surface area contributed by atoms with Gasteiger partial charge in [-0.1, -0.05) is 52.3 Å². The first-order valence-electron chi connectivity index (χ1n) is 6.60. The van der Waals surface area contributed by atoms with Crippen LogP contribution in [0.25, 0.3) is 0 Å². The van der Waals surface area contributed by atoms with Crippen molar-refractivity contribution in [1.29, 1.82) is 0 Å². The van der Waals surface area contributed by atoms with Crippen molar-refractivity contribution < 1.29 is 9.05 Å². The van der Waals surface area contributed by atoms with Crippen LogP contribution in [0.5, 0.6) is 0 Å². The molecule has 0 aromatic rings. The Morgan fingerprint density at radius 2 is 1.88 bits per heavy atom. The Kier molecular flexibility index (Phi) is 10.3. The third-order valence-electron chi connectivity index (χ3n) is 2.90. The molecule has 0 radical (unpaired) electrons. The van der Waals surface area contributed by atoms with Crippen molar-refractivity contribution in [3.8, 4) is 0 Å². The molecule has 0 saturated carbocycles. The molecule has 0 aromatic heterocycles. The summed E-state index contributed by atoms with van der Waals surface area (Å²) in [5.41, 5.74) is -2.34. The van der Waals surface area contributed by atoms with Crippen molar-refractivity contribution >= 4 is 29.7 Å². The molecule has 0 bridgehead atoms. The molecular weight excluding hydrogens is 271 g/mol. The standard InChI is InChI=1S/C12H27O2PS2/c1-5-8-9-12(7-3)10-13-15(16,17)14-11(4)6-2/h11-12H,5-10H2,1-4H3,(H,16,17). The van der Waals surface area contributed by atoms with E-state index in [0.29, 0.717) is 12.5 Å². The molecule has 17 heavy (non-hydrogen) atoms. The van der Waals surface area contributed by atoms with Crippen LogP contribution in [-0.4, -0.2) is 12.7 Å². The maximum Gasteiger partial charge on any atom is 0.244 e. The molecule has 0 aliphatic heterocycles. The molecule has 0 spiro atoms. The van der Waals surface area contributed by atoms with Crippen LogP contribution < -0.4 is 0 Å². The fraction of sp³-hybridized carbons (Fsp3) is 1.00. The Labute approximate surface area is 117 Å². The van der Waals surface area contributed by atoms with Crippen LogP contribution in [-0.2, 0) is 20.9 Å². The second-order valence-corrected chi connectivity index (χ2v) is 9.75. The smallest absolute Gasteiger partial charge is 0.244 e. The highest BCUT2D eigenvalue weighted by molar-refractivity contribution is 8.60. The molecule has 2 nitrogen and oxygen atoms in total. The molecule has 0 saturated heterocycles. The summed E-state index contributed by atoms with van der Waals surface area (Å²) in [7, 11) is 0. The van der Waals surface area contributed by atoms with E-state index in [1.165, 1.54) is 19.3 Å². The lowest BCUT2D eigenvalue weighted by Crippen LogP contribution is -2.09. The first kappa shape index (κ1) is 17.9. The predicted molar refractivity (Wildman–Crippen MR) is 83.4 cm³/mol. The first-order valence-corrected chi connectivity index (χ1v) is 10.4. The van der Waals surface area contributed by atoms with E-state index in [-0.39, 0.29) is 6.10 Å². The number of hydrogen-bond donors (Lipinski definition) is 1. The van der Waals surface area contributed by atoms with Crippen LogP contribution in [0.1, 0.15) is 59.8 Å². The van der Waals surface area contributed by atoms with Gasteiger partial charge in [0.1, 0.15) is 0 Å². The quantitative estimate of drug-likeness (QED) is 0.442. The summed E-state index contributed by atoms with van der Waals surface area (Å²) in [6, 6.07) is 0. The van der Waals surface area contributed by atoms with Gasteiger partial charge in [0, 0.05) is 0 Å². The van der Waals surface area contributed by atoms with Crippen LogP contribution in [0.15, 0.2) is 0 Å². The van der Waals surface area contributed by atoms with Gasteiger partial charge in [0.2, 0.25) is 5.69 Å². The Hall–Kier alpha value is 0.920. The van der Waals surface area contributed by atoms with Crippen molar-refractivity contribution in [2.75, 3.05) is 6.61 Å². The maximum atomic E-state index is 5.72. The van der Waals surface area contributed by atoms with Crippen molar-refractivity contribution in [3.63, 3.8) is 0 Å². The molecular formula is C12H27O2PS2. The highest BCUT2D eigenvalue weighted by atomic mass is 32.9. The average molecular weight is 298 g/mol. The van der Waals surface area contributed by atoms with Crippen LogP contribution in [0.2, 0.25) is 0 Å². The molecule has 0 amide bonds. The normalized spacial score (nSPS) is 18.6. The van der Waals surface area contributed by atoms with E-state index in [9.17, 15) is 0 Å². The second-order valence-electron chi connectivity index (χ2n) is 4.51. The number of hydrogen-bond acceptors (Lipinski definition) is 3. The molecule has 0 N–H and O–H groups in total. The van der Waals surface area contributed by atoms with E-state index in [2.05, 4.69) is 33.0 Å². The molecule has 0 aromatic carbocycles. The molecule has 0 heterocycles. The average Bonchev–Trinajstić information content (AvgIpc) is 2.28. The zero-order valence-electron chi connectivity index (χ0n) is 11.5. The van der Waals surface area contributed by atoms with Gasteiger partial charge < -0.3 is 9.05 Å². The first-order chi connectivity index (χ1) is 7.95. The molecule has 0 aliphatic carbocycles. The molecule has 0 fully saturated rings. The van der Waals surface area contributed by atoms with Gasteiger partial charge in [-0.25, -0.2) is 0 Å². The van der Waals surface area contributed by atoms with Crippen LogP contribution in [0.4, 0.5) is 0 Å². The van der Waals surface area contributed by atoms with Gasteiger partial charge in [-0.15, -0.1) is 0 Å². The summed E-state index contributed by atoms with van der Waals surface area (Å²) in [4.78, 5) is 0. The van der Waals surface area contributed by atoms with Crippen LogP contribution >= 0.6 is 17.9 Å². The van der Waals surface area contributed by atoms with Gasteiger partial charge in [-0.05, 0) is 37.5 Å². The summed E-state index contributed by atoms with van der Waals surface area (Å²) in [5.74, 6) is 0.588. The van der Waals surface area contributed by atoms with Crippen molar-refractivity contribution in [2.45, 2.75) is 65.9 Å². The van der Waals surface area contributed by atoms with Gasteiger partial charge in [-0.3, -0.25) is 0 Å².